The molecule has 0 spiro atoms. The fraction of sp³-hybridized carbons (Fsp3) is 0.500. The molecule has 1 heterocycles. The second-order valence-electron chi connectivity index (χ2n) is 4.86. The van der Waals surface area contributed by atoms with Crippen molar-refractivity contribution in [2.45, 2.75) is 20.0 Å². The predicted octanol–water partition coefficient (Wildman–Crippen LogP) is 2.66. The summed E-state index contributed by atoms with van der Waals surface area (Å²) in [5.74, 6) is 0. The predicted molar refractivity (Wildman–Crippen MR) is 66.1 cm³/mol. The van der Waals surface area contributed by atoms with Gasteiger partial charge in [-0.3, -0.25) is 0 Å². The summed E-state index contributed by atoms with van der Waals surface area (Å²) in [4.78, 5) is 2.23. The Hall–Kier alpha value is -0.540. The molecule has 0 radical (unpaired) electrons. The molecule has 0 aliphatic carbocycles. The minimum atomic E-state index is -0.239. The van der Waals surface area contributed by atoms with Crippen molar-refractivity contribution < 1.29 is 5.11 Å². The first-order chi connectivity index (χ1) is 6.99. The molecule has 15 heavy (non-hydrogen) atoms. The summed E-state index contributed by atoms with van der Waals surface area (Å²) in [6.07, 6.45) is -0.239. The fourth-order valence-electron chi connectivity index (χ4n) is 1.99. The molecule has 1 aliphatic heterocycles. The number of benzene rings is 1. The van der Waals surface area contributed by atoms with Gasteiger partial charge in [0.15, 0.2) is 0 Å². The molecule has 82 valence electrons. The Balaban J connectivity index is 2.21. The number of hydrogen-bond acceptors (Lipinski definition) is 2. The van der Waals surface area contributed by atoms with Gasteiger partial charge in [-0.25, -0.2) is 0 Å². The summed E-state index contributed by atoms with van der Waals surface area (Å²) in [6, 6.07) is 8.21. The first kappa shape index (κ1) is 11.0. The van der Waals surface area contributed by atoms with Gasteiger partial charge >= 0.3 is 0 Å². The molecule has 0 amide bonds. The van der Waals surface area contributed by atoms with Crippen molar-refractivity contribution in [1.82, 2.24) is 0 Å². The van der Waals surface area contributed by atoms with Crippen molar-refractivity contribution in [2.75, 3.05) is 18.0 Å². The molecular weight excluding hydrogens is 254 g/mol. The highest BCUT2D eigenvalue weighted by Gasteiger charge is 2.38. The van der Waals surface area contributed by atoms with Crippen LogP contribution in [0.15, 0.2) is 28.7 Å². The maximum atomic E-state index is 9.90. The van der Waals surface area contributed by atoms with Gasteiger partial charge in [-0.2, -0.15) is 0 Å². The van der Waals surface area contributed by atoms with Gasteiger partial charge in [0.25, 0.3) is 0 Å². The van der Waals surface area contributed by atoms with Crippen molar-refractivity contribution in [1.29, 1.82) is 0 Å². The highest BCUT2D eigenvalue weighted by atomic mass is 79.9. The first-order valence-electron chi connectivity index (χ1n) is 5.18. The van der Waals surface area contributed by atoms with Gasteiger partial charge in [0.05, 0.1) is 6.10 Å². The van der Waals surface area contributed by atoms with Crippen LogP contribution in [0.3, 0.4) is 0 Å². The topological polar surface area (TPSA) is 23.5 Å². The van der Waals surface area contributed by atoms with Gasteiger partial charge in [-0.15, -0.1) is 0 Å². The smallest absolute Gasteiger partial charge is 0.0782 e. The number of aliphatic hydroxyl groups is 1. The third-order valence-electron chi connectivity index (χ3n) is 3.07. The molecule has 1 aliphatic rings. The molecule has 1 N–H and O–H groups in total. The third-order valence-corrected chi connectivity index (χ3v) is 3.56. The summed E-state index contributed by atoms with van der Waals surface area (Å²) >= 11 is 3.46. The molecule has 0 aromatic heterocycles. The van der Waals surface area contributed by atoms with Crippen LogP contribution >= 0.6 is 15.9 Å². The lowest BCUT2D eigenvalue weighted by Gasteiger charge is -2.22. The van der Waals surface area contributed by atoms with E-state index >= 15 is 0 Å². The van der Waals surface area contributed by atoms with Crippen molar-refractivity contribution in [3.63, 3.8) is 0 Å². The van der Waals surface area contributed by atoms with Gasteiger partial charge in [0.1, 0.15) is 0 Å². The van der Waals surface area contributed by atoms with E-state index < -0.39 is 0 Å². The molecule has 1 saturated heterocycles. The van der Waals surface area contributed by atoms with Gasteiger partial charge in [-0.05, 0) is 18.2 Å². The molecular formula is C12H16BrNO. The molecule has 3 heteroatoms. The lowest BCUT2D eigenvalue weighted by atomic mass is 9.90. The lowest BCUT2D eigenvalue weighted by molar-refractivity contribution is 0.0964. The zero-order valence-electron chi connectivity index (χ0n) is 9.07. The van der Waals surface area contributed by atoms with Gasteiger partial charge in [0, 0.05) is 28.7 Å². The Morgan fingerprint density at radius 2 is 2.20 bits per heavy atom. The number of anilines is 1. The monoisotopic (exact) mass is 269 g/mol. The lowest BCUT2D eigenvalue weighted by Crippen LogP contribution is -2.26. The van der Waals surface area contributed by atoms with E-state index in [1.165, 1.54) is 5.69 Å². The number of halogens is 1. The molecule has 1 fully saturated rings. The van der Waals surface area contributed by atoms with Crippen molar-refractivity contribution >= 4 is 21.6 Å². The van der Waals surface area contributed by atoms with Gasteiger partial charge < -0.3 is 10.0 Å². The fourth-order valence-corrected chi connectivity index (χ4v) is 2.37. The van der Waals surface area contributed by atoms with Crippen LogP contribution < -0.4 is 4.90 Å². The summed E-state index contributed by atoms with van der Waals surface area (Å²) in [6.45, 7) is 5.85. The van der Waals surface area contributed by atoms with E-state index in [2.05, 4.69) is 46.8 Å². The quantitative estimate of drug-likeness (QED) is 0.848. The van der Waals surface area contributed by atoms with Crippen LogP contribution in [-0.2, 0) is 0 Å². The number of hydrogen-bond donors (Lipinski definition) is 1. The zero-order chi connectivity index (χ0) is 11.1. The van der Waals surface area contributed by atoms with Gasteiger partial charge in [-0.1, -0.05) is 35.8 Å². The number of rotatable bonds is 1. The maximum absolute atomic E-state index is 9.90. The highest BCUT2D eigenvalue weighted by Crippen LogP contribution is 2.33. The Labute approximate surface area is 99.0 Å². The molecule has 2 nitrogen and oxygen atoms in total. The molecule has 1 unspecified atom stereocenters. The molecule has 0 bridgehead atoms. The van der Waals surface area contributed by atoms with E-state index in [4.69, 9.17) is 0 Å². The van der Waals surface area contributed by atoms with Crippen LogP contribution in [-0.4, -0.2) is 24.3 Å². The second-order valence-corrected chi connectivity index (χ2v) is 5.78. The van der Waals surface area contributed by atoms with E-state index in [0.29, 0.717) is 0 Å². The Morgan fingerprint density at radius 1 is 1.47 bits per heavy atom. The van der Waals surface area contributed by atoms with E-state index in [0.717, 1.165) is 17.6 Å². The van der Waals surface area contributed by atoms with Crippen molar-refractivity contribution in [3.05, 3.63) is 28.7 Å². The first-order valence-corrected chi connectivity index (χ1v) is 5.97. The number of β-amino-alcohol motifs (C(OH)–C–C–N with tert-alkyl or cyclic N) is 1. The van der Waals surface area contributed by atoms with E-state index in [-0.39, 0.29) is 11.5 Å². The average molecular weight is 270 g/mol. The Bertz CT molecular complexity index is 364. The molecule has 2 rings (SSSR count). The summed E-state index contributed by atoms with van der Waals surface area (Å²) in [5, 5.41) is 9.90. The van der Waals surface area contributed by atoms with Crippen LogP contribution in [0.25, 0.3) is 0 Å². The zero-order valence-corrected chi connectivity index (χ0v) is 10.7. The number of aliphatic hydroxyl groups excluding tert-OH is 1. The summed E-state index contributed by atoms with van der Waals surface area (Å²) < 4.78 is 1.08. The van der Waals surface area contributed by atoms with E-state index in [1.54, 1.807) is 0 Å². The van der Waals surface area contributed by atoms with Crippen LogP contribution in [0.2, 0.25) is 0 Å². The SMILES string of the molecule is CC1(C)CN(c2cccc(Br)c2)CC1O. The standard InChI is InChI=1S/C12H16BrNO/c1-12(2)8-14(7-11(12)15)10-5-3-4-9(13)6-10/h3-6,11,15H,7-8H2,1-2H3. The Morgan fingerprint density at radius 3 is 2.73 bits per heavy atom. The minimum absolute atomic E-state index is 0.0116. The van der Waals surface area contributed by atoms with Crippen LogP contribution in [0.1, 0.15) is 13.8 Å². The molecule has 0 saturated carbocycles. The van der Waals surface area contributed by atoms with Crippen LogP contribution in [0.4, 0.5) is 5.69 Å². The van der Waals surface area contributed by atoms with Gasteiger partial charge in [0.2, 0.25) is 0 Å². The van der Waals surface area contributed by atoms with E-state index in [1.807, 2.05) is 12.1 Å². The molecule has 1 aromatic carbocycles. The number of nitrogens with zero attached hydrogens (tertiary/aromatic N) is 1. The molecule has 1 atom stereocenters. The largest absolute Gasteiger partial charge is 0.391 e. The normalized spacial score (nSPS) is 24.5. The summed E-state index contributed by atoms with van der Waals surface area (Å²) in [5.41, 5.74) is 1.16. The summed E-state index contributed by atoms with van der Waals surface area (Å²) in [7, 11) is 0. The minimum Gasteiger partial charge on any atom is -0.391 e. The van der Waals surface area contributed by atoms with E-state index in [9.17, 15) is 5.11 Å². The third kappa shape index (κ3) is 2.18. The van der Waals surface area contributed by atoms with Crippen molar-refractivity contribution in [2.24, 2.45) is 5.41 Å². The van der Waals surface area contributed by atoms with Crippen LogP contribution in [0, 0.1) is 5.41 Å². The molecule has 1 aromatic rings. The van der Waals surface area contributed by atoms with Crippen LogP contribution in [0.5, 0.6) is 0 Å². The highest BCUT2D eigenvalue weighted by molar-refractivity contribution is 9.10. The van der Waals surface area contributed by atoms with Crippen molar-refractivity contribution in [3.8, 4) is 0 Å². The maximum Gasteiger partial charge on any atom is 0.0782 e. The Kier molecular flexibility index (Phi) is 2.77. The second kappa shape index (κ2) is 3.80. The average Bonchev–Trinajstić information content (AvgIpc) is 2.42.